The van der Waals surface area contributed by atoms with E-state index in [1.165, 1.54) is 6.92 Å². The highest BCUT2D eigenvalue weighted by molar-refractivity contribution is 7.93. The van der Waals surface area contributed by atoms with Crippen molar-refractivity contribution in [1.29, 1.82) is 0 Å². The molecule has 6 nitrogen and oxygen atoms in total. The highest BCUT2D eigenvalue weighted by Gasteiger charge is 2.33. The Morgan fingerprint density at radius 2 is 1.87 bits per heavy atom. The summed E-state index contributed by atoms with van der Waals surface area (Å²) < 4.78 is 27.3. The van der Waals surface area contributed by atoms with E-state index in [0.29, 0.717) is 0 Å². The number of sulfone groups is 1. The van der Waals surface area contributed by atoms with Gasteiger partial charge in [0.15, 0.2) is 15.1 Å². The van der Waals surface area contributed by atoms with Gasteiger partial charge in [0.25, 0.3) is 0 Å². The second-order valence-corrected chi connectivity index (χ2v) is 5.03. The molecule has 0 rings (SSSR count). The topological polar surface area (TPSA) is 97.7 Å². The fraction of sp³-hybridized carbons (Fsp3) is 0.750. The van der Waals surface area contributed by atoms with Gasteiger partial charge in [0.05, 0.1) is 6.61 Å². The molecule has 0 radical (unpaired) electrons. The Morgan fingerprint density at radius 1 is 1.33 bits per heavy atom. The molecule has 0 spiro atoms. The SMILES string of the molecule is CCOC(=O)CS(=O)(=O)C(CC)C(=O)O. The number of carboxylic acid groups (broad SMARTS) is 1. The van der Waals surface area contributed by atoms with Crippen molar-refractivity contribution >= 4 is 21.8 Å². The largest absolute Gasteiger partial charge is 0.480 e. The summed E-state index contributed by atoms with van der Waals surface area (Å²) in [5.41, 5.74) is 0. The van der Waals surface area contributed by atoms with Crippen LogP contribution in [-0.2, 0) is 24.2 Å². The van der Waals surface area contributed by atoms with Gasteiger partial charge in [-0.3, -0.25) is 9.59 Å². The fourth-order valence-electron chi connectivity index (χ4n) is 1.05. The molecule has 1 unspecified atom stereocenters. The molecule has 0 aliphatic heterocycles. The second-order valence-electron chi connectivity index (χ2n) is 2.85. The van der Waals surface area contributed by atoms with Gasteiger partial charge >= 0.3 is 11.9 Å². The van der Waals surface area contributed by atoms with Gasteiger partial charge in [-0.05, 0) is 13.3 Å². The standard InChI is InChI=1S/C8H14O6S/c1-3-6(8(10)11)15(12,13)5-7(9)14-4-2/h6H,3-5H2,1-2H3,(H,10,11). The summed E-state index contributed by atoms with van der Waals surface area (Å²) in [5, 5.41) is 7.08. The number of ether oxygens (including phenoxy) is 1. The van der Waals surface area contributed by atoms with E-state index in [4.69, 9.17) is 5.11 Å². The van der Waals surface area contributed by atoms with Crippen LogP contribution in [0, 0.1) is 0 Å². The lowest BCUT2D eigenvalue weighted by atomic mass is 10.3. The maximum atomic E-state index is 11.4. The molecule has 0 aromatic rings. The second kappa shape index (κ2) is 5.69. The summed E-state index contributed by atoms with van der Waals surface area (Å²) in [7, 11) is -3.97. The minimum Gasteiger partial charge on any atom is -0.480 e. The first kappa shape index (κ1) is 13.9. The van der Waals surface area contributed by atoms with Crippen molar-refractivity contribution in [2.24, 2.45) is 0 Å². The van der Waals surface area contributed by atoms with Crippen LogP contribution in [0.1, 0.15) is 20.3 Å². The average molecular weight is 238 g/mol. The van der Waals surface area contributed by atoms with E-state index in [-0.39, 0.29) is 13.0 Å². The number of carbonyl (C=O) groups excluding carboxylic acids is 1. The molecule has 0 aromatic carbocycles. The molecule has 1 atom stereocenters. The summed E-state index contributed by atoms with van der Waals surface area (Å²) in [6.45, 7) is 3.04. The molecule has 0 saturated carbocycles. The molecule has 0 saturated heterocycles. The first-order chi connectivity index (χ1) is 6.85. The molecule has 0 amide bonds. The lowest BCUT2D eigenvalue weighted by Gasteiger charge is -2.10. The van der Waals surface area contributed by atoms with Crippen LogP contribution in [0.15, 0.2) is 0 Å². The molecule has 7 heteroatoms. The van der Waals surface area contributed by atoms with E-state index in [1.54, 1.807) is 6.92 Å². The third-order valence-corrected chi connectivity index (χ3v) is 3.74. The van der Waals surface area contributed by atoms with Crippen molar-refractivity contribution < 1.29 is 27.9 Å². The van der Waals surface area contributed by atoms with Crippen LogP contribution < -0.4 is 0 Å². The number of aliphatic carboxylic acids is 1. The number of carbonyl (C=O) groups is 2. The zero-order valence-electron chi connectivity index (χ0n) is 8.60. The van der Waals surface area contributed by atoms with E-state index in [1.807, 2.05) is 0 Å². The molecule has 0 bridgehead atoms. The van der Waals surface area contributed by atoms with Crippen LogP contribution in [0.2, 0.25) is 0 Å². The summed E-state index contributed by atoms with van der Waals surface area (Å²) in [4.78, 5) is 21.5. The number of rotatable bonds is 6. The molecule has 15 heavy (non-hydrogen) atoms. The van der Waals surface area contributed by atoms with Gasteiger partial charge in [0.1, 0.15) is 5.75 Å². The maximum Gasteiger partial charge on any atom is 0.321 e. The number of hydrogen-bond acceptors (Lipinski definition) is 5. The molecule has 0 aliphatic rings. The first-order valence-corrected chi connectivity index (χ1v) is 6.16. The molecular weight excluding hydrogens is 224 g/mol. The summed E-state index contributed by atoms with van der Waals surface area (Å²) >= 11 is 0. The van der Waals surface area contributed by atoms with Crippen LogP contribution >= 0.6 is 0 Å². The molecule has 0 heterocycles. The quantitative estimate of drug-likeness (QED) is 0.645. The van der Waals surface area contributed by atoms with E-state index in [0.717, 1.165) is 0 Å². The number of carboxylic acids is 1. The predicted molar refractivity (Wildman–Crippen MR) is 52.1 cm³/mol. The third-order valence-electron chi connectivity index (χ3n) is 1.70. The molecular formula is C8H14O6S. The third kappa shape index (κ3) is 4.28. The van der Waals surface area contributed by atoms with Crippen molar-refractivity contribution in [2.75, 3.05) is 12.4 Å². The van der Waals surface area contributed by atoms with Gasteiger partial charge < -0.3 is 9.84 Å². The summed E-state index contributed by atoms with van der Waals surface area (Å²) in [6, 6.07) is 0. The van der Waals surface area contributed by atoms with E-state index in [9.17, 15) is 18.0 Å². The minimum absolute atomic E-state index is 0.0677. The van der Waals surface area contributed by atoms with Crippen LogP contribution in [-0.4, -0.2) is 43.1 Å². The Balaban J connectivity index is 4.67. The lowest BCUT2D eigenvalue weighted by Crippen LogP contribution is -2.34. The average Bonchev–Trinajstić information content (AvgIpc) is 2.02. The Labute approximate surface area is 88.2 Å². The van der Waals surface area contributed by atoms with Gasteiger partial charge in [-0.25, -0.2) is 8.42 Å². The Hall–Kier alpha value is -1.11. The van der Waals surface area contributed by atoms with Crippen LogP contribution in [0.5, 0.6) is 0 Å². The lowest BCUT2D eigenvalue weighted by molar-refractivity contribution is -0.139. The van der Waals surface area contributed by atoms with Crippen molar-refractivity contribution in [1.82, 2.24) is 0 Å². The number of hydrogen-bond donors (Lipinski definition) is 1. The van der Waals surface area contributed by atoms with Crippen molar-refractivity contribution in [3.63, 3.8) is 0 Å². The first-order valence-electron chi connectivity index (χ1n) is 4.45. The molecule has 0 fully saturated rings. The monoisotopic (exact) mass is 238 g/mol. The molecule has 88 valence electrons. The van der Waals surface area contributed by atoms with Crippen LogP contribution in [0.3, 0.4) is 0 Å². The Kier molecular flexibility index (Phi) is 5.27. The minimum atomic E-state index is -3.97. The van der Waals surface area contributed by atoms with Crippen LogP contribution in [0.4, 0.5) is 0 Å². The van der Waals surface area contributed by atoms with Gasteiger partial charge in [0.2, 0.25) is 0 Å². The van der Waals surface area contributed by atoms with Crippen molar-refractivity contribution in [3.05, 3.63) is 0 Å². The predicted octanol–water partition coefficient (Wildman–Crippen LogP) is -0.173. The van der Waals surface area contributed by atoms with Gasteiger partial charge in [-0.15, -0.1) is 0 Å². The summed E-state index contributed by atoms with van der Waals surface area (Å²) in [6.07, 6.45) is -0.0723. The van der Waals surface area contributed by atoms with E-state index >= 15 is 0 Å². The highest BCUT2D eigenvalue weighted by Crippen LogP contribution is 2.08. The smallest absolute Gasteiger partial charge is 0.321 e. The van der Waals surface area contributed by atoms with Crippen molar-refractivity contribution in [3.8, 4) is 0 Å². The van der Waals surface area contributed by atoms with Gasteiger partial charge in [-0.1, -0.05) is 6.92 Å². The fourth-order valence-corrected chi connectivity index (χ4v) is 2.48. The highest BCUT2D eigenvalue weighted by atomic mass is 32.2. The normalized spacial score (nSPS) is 13.2. The Morgan fingerprint density at radius 3 is 2.20 bits per heavy atom. The van der Waals surface area contributed by atoms with Gasteiger partial charge in [0, 0.05) is 0 Å². The van der Waals surface area contributed by atoms with E-state index < -0.39 is 32.8 Å². The van der Waals surface area contributed by atoms with E-state index in [2.05, 4.69) is 4.74 Å². The molecule has 1 N–H and O–H groups in total. The van der Waals surface area contributed by atoms with Gasteiger partial charge in [-0.2, -0.15) is 0 Å². The molecule has 0 aliphatic carbocycles. The maximum absolute atomic E-state index is 11.4. The van der Waals surface area contributed by atoms with Crippen molar-refractivity contribution in [2.45, 2.75) is 25.5 Å². The summed E-state index contributed by atoms with van der Waals surface area (Å²) in [5.74, 6) is -3.25. The zero-order valence-corrected chi connectivity index (χ0v) is 9.41. The Bertz CT molecular complexity index is 331. The number of esters is 1. The zero-order chi connectivity index (χ0) is 12.1. The molecule has 0 aromatic heterocycles. The van der Waals surface area contributed by atoms with Crippen LogP contribution in [0.25, 0.3) is 0 Å².